The molecule has 0 spiro atoms. The van der Waals surface area contributed by atoms with E-state index in [0.29, 0.717) is 12.1 Å². The molecule has 0 atom stereocenters. The van der Waals surface area contributed by atoms with Gasteiger partial charge in [0.05, 0.1) is 6.54 Å². The molecular formula is C19H23Cl2FN2O. The minimum absolute atomic E-state index is 0. The first-order valence-corrected chi connectivity index (χ1v) is 7.98. The quantitative estimate of drug-likeness (QED) is 0.734. The van der Waals surface area contributed by atoms with Crippen LogP contribution in [0.2, 0.25) is 0 Å². The summed E-state index contributed by atoms with van der Waals surface area (Å²) in [4.78, 5) is 16.8. The lowest BCUT2D eigenvalue weighted by molar-refractivity contribution is 0.0844. The summed E-state index contributed by atoms with van der Waals surface area (Å²) in [5, 5.41) is 0. The first-order valence-electron chi connectivity index (χ1n) is 7.98. The van der Waals surface area contributed by atoms with Crippen LogP contribution in [0.5, 0.6) is 0 Å². The number of hydrogen-bond acceptors (Lipinski definition) is 3. The second-order valence-electron chi connectivity index (χ2n) is 5.97. The molecule has 0 saturated carbocycles. The van der Waals surface area contributed by atoms with Gasteiger partial charge >= 0.3 is 0 Å². The van der Waals surface area contributed by atoms with Crippen molar-refractivity contribution in [1.82, 2.24) is 9.80 Å². The van der Waals surface area contributed by atoms with Crippen molar-refractivity contribution in [3.05, 3.63) is 71.5 Å². The van der Waals surface area contributed by atoms with Crippen molar-refractivity contribution >= 4 is 30.6 Å². The van der Waals surface area contributed by atoms with E-state index in [1.807, 2.05) is 6.07 Å². The highest BCUT2D eigenvalue weighted by atomic mass is 35.5. The van der Waals surface area contributed by atoms with Crippen LogP contribution >= 0.6 is 24.8 Å². The number of nitrogens with zero attached hydrogens (tertiary/aromatic N) is 2. The first-order chi connectivity index (χ1) is 11.2. The predicted molar refractivity (Wildman–Crippen MR) is 103 cm³/mol. The molecule has 0 amide bonds. The van der Waals surface area contributed by atoms with Gasteiger partial charge < -0.3 is 0 Å². The van der Waals surface area contributed by atoms with Crippen LogP contribution in [-0.4, -0.2) is 48.3 Å². The zero-order chi connectivity index (χ0) is 16.1. The van der Waals surface area contributed by atoms with E-state index in [4.69, 9.17) is 0 Å². The molecule has 1 heterocycles. The molecule has 2 aromatic rings. The molecule has 0 N–H and O–H groups in total. The maximum absolute atomic E-state index is 12.9. The van der Waals surface area contributed by atoms with Crippen molar-refractivity contribution in [2.45, 2.75) is 6.54 Å². The second-order valence-corrected chi connectivity index (χ2v) is 5.97. The molecule has 136 valence electrons. The van der Waals surface area contributed by atoms with Gasteiger partial charge in [-0.1, -0.05) is 30.3 Å². The Morgan fingerprint density at radius 1 is 0.840 bits per heavy atom. The summed E-state index contributed by atoms with van der Waals surface area (Å²) in [7, 11) is 0. The summed E-state index contributed by atoms with van der Waals surface area (Å²) in [6, 6.07) is 16.2. The molecule has 3 rings (SSSR count). The Kier molecular flexibility index (Phi) is 9.08. The summed E-state index contributed by atoms with van der Waals surface area (Å²) in [6.45, 7) is 5.07. The number of Topliss-reactive ketones (excluding diaryl/α,β-unsaturated/α-hetero) is 1. The topological polar surface area (TPSA) is 23.6 Å². The molecule has 0 unspecified atom stereocenters. The Hall–Kier alpha value is -1.46. The fourth-order valence-electron chi connectivity index (χ4n) is 2.88. The van der Waals surface area contributed by atoms with Crippen molar-refractivity contribution < 1.29 is 9.18 Å². The Labute approximate surface area is 160 Å². The van der Waals surface area contributed by atoms with Crippen LogP contribution in [0.25, 0.3) is 0 Å². The van der Waals surface area contributed by atoms with E-state index in [-0.39, 0.29) is 36.4 Å². The van der Waals surface area contributed by atoms with Crippen LogP contribution < -0.4 is 0 Å². The van der Waals surface area contributed by atoms with Gasteiger partial charge in [0.15, 0.2) is 5.78 Å². The van der Waals surface area contributed by atoms with E-state index < -0.39 is 0 Å². The largest absolute Gasteiger partial charge is 0.297 e. The van der Waals surface area contributed by atoms with Crippen LogP contribution in [0.3, 0.4) is 0 Å². The first kappa shape index (κ1) is 21.6. The van der Waals surface area contributed by atoms with Gasteiger partial charge in [0.25, 0.3) is 0 Å². The average Bonchev–Trinajstić information content (AvgIpc) is 2.58. The molecule has 6 heteroatoms. The monoisotopic (exact) mass is 384 g/mol. The fourth-order valence-corrected chi connectivity index (χ4v) is 2.88. The SMILES string of the molecule is Cl.Cl.O=C(CN1CCN(Cc2ccccc2)CC1)c1ccc(F)cc1. The molecule has 1 aliphatic rings. The molecule has 25 heavy (non-hydrogen) atoms. The zero-order valence-corrected chi connectivity index (χ0v) is 15.6. The minimum Gasteiger partial charge on any atom is -0.297 e. The van der Waals surface area contributed by atoms with Gasteiger partial charge in [-0.25, -0.2) is 4.39 Å². The molecule has 0 aromatic heterocycles. The smallest absolute Gasteiger partial charge is 0.176 e. The number of rotatable bonds is 5. The lowest BCUT2D eigenvalue weighted by atomic mass is 10.1. The third kappa shape index (κ3) is 6.40. The highest BCUT2D eigenvalue weighted by Crippen LogP contribution is 2.10. The van der Waals surface area contributed by atoms with Crippen molar-refractivity contribution in [2.75, 3.05) is 32.7 Å². The number of halogens is 3. The van der Waals surface area contributed by atoms with E-state index >= 15 is 0 Å². The minimum atomic E-state index is -0.309. The third-order valence-electron chi connectivity index (χ3n) is 4.25. The summed E-state index contributed by atoms with van der Waals surface area (Å²) in [5.74, 6) is -0.252. The average molecular weight is 385 g/mol. The molecule has 0 bridgehead atoms. The number of carbonyl (C=O) groups is 1. The van der Waals surface area contributed by atoms with Gasteiger partial charge in [-0.15, -0.1) is 24.8 Å². The van der Waals surface area contributed by atoms with Crippen LogP contribution in [-0.2, 0) is 6.54 Å². The lowest BCUT2D eigenvalue weighted by Gasteiger charge is -2.34. The van der Waals surface area contributed by atoms with Gasteiger partial charge in [-0.2, -0.15) is 0 Å². The van der Waals surface area contributed by atoms with Gasteiger partial charge in [-0.3, -0.25) is 14.6 Å². The normalized spacial score (nSPS) is 15.1. The van der Waals surface area contributed by atoms with Gasteiger partial charge in [-0.05, 0) is 29.8 Å². The Morgan fingerprint density at radius 2 is 1.40 bits per heavy atom. The van der Waals surface area contributed by atoms with Crippen LogP contribution in [0, 0.1) is 5.82 Å². The number of carbonyl (C=O) groups excluding carboxylic acids is 1. The summed E-state index contributed by atoms with van der Waals surface area (Å²) >= 11 is 0. The Bertz CT molecular complexity index is 644. The maximum Gasteiger partial charge on any atom is 0.176 e. The standard InChI is InChI=1S/C19H21FN2O.2ClH/c20-18-8-6-17(7-9-18)19(23)15-22-12-10-21(11-13-22)14-16-4-2-1-3-5-16;;/h1-9H,10-15H2;2*1H. The molecule has 1 aliphatic heterocycles. The van der Waals surface area contributed by atoms with Gasteiger partial charge in [0.2, 0.25) is 0 Å². The summed E-state index contributed by atoms with van der Waals surface area (Å²) in [6.07, 6.45) is 0. The molecular weight excluding hydrogens is 362 g/mol. The van der Waals surface area contributed by atoms with Crippen molar-refractivity contribution in [3.8, 4) is 0 Å². The van der Waals surface area contributed by atoms with E-state index in [2.05, 4.69) is 34.1 Å². The van der Waals surface area contributed by atoms with Crippen LogP contribution in [0.1, 0.15) is 15.9 Å². The second kappa shape index (κ2) is 10.5. The molecule has 0 radical (unpaired) electrons. The van der Waals surface area contributed by atoms with E-state index in [0.717, 1.165) is 32.7 Å². The Morgan fingerprint density at radius 3 is 2.00 bits per heavy atom. The maximum atomic E-state index is 12.9. The Balaban J connectivity index is 0.00000156. The highest BCUT2D eigenvalue weighted by molar-refractivity contribution is 5.97. The van der Waals surface area contributed by atoms with Gasteiger partial charge in [0, 0.05) is 38.3 Å². The number of piperazine rings is 1. The zero-order valence-electron chi connectivity index (χ0n) is 13.9. The third-order valence-corrected chi connectivity index (χ3v) is 4.25. The molecule has 1 fully saturated rings. The summed E-state index contributed by atoms with van der Waals surface area (Å²) < 4.78 is 12.9. The van der Waals surface area contributed by atoms with Crippen molar-refractivity contribution in [2.24, 2.45) is 0 Å². The summed E-state index contributed by atoms with van der Waals surface area (Å²) in [5.41, 5.74) is 1.90. The lowest BCUT2D eigenvalue weighted by Crippen LogP contribution is -2.47. The number of ketones is 1. The number of benzene rings is 2. The molecule has 0 aliphatic carbocycles. The molecule has 3 nitrogen and oxygen atoms in total. The molecule has 2 aromatic carbocycles. The predicted octanol–water partition coefficient (Wildman–Crippen LogP) is 3.67. The van der Waals surface area contributed by atoms with Crippen LogP contribution in [0.4, 0.5) is 4.39 Å². The van der Waals surface area contributed by atoms with E-state index in [1.54, 1.807) is 12.1 Å². The van der Waals surface area contributed by atoms with E-state index in [9.17, 15) is 9.18 Å². The highest BCUT2D eigenvalue weighted by Gasteiger charge is 2.19. The molecule has 1 saturated heterocycles. The fraction of sp³-hybridized carbons (Fsp3) is 0.316. The van der Waals surface area contributed by atoms with Crippen LogP contribution in [0.15, 0.2) is 54.6 Å². The van der Waals surface area contributed by atoms with E-state index in [1.165, 1.54) is 17.7 Å². The number of hydrogen-bond donors (Lipinski definition) is 0. The van der Waals surface area contributed by atoms with Crippen molar-refractivity contribution in [3.63, 3.8) is 0 Å². The van der Waals surface area contributed by atoms with Crippen molar-refractivity contribution in [1.29, 1.82) is 0 Å². The van der Waals surface area contributed by atoms with Gasteiger partial charge in [0.1, 0.15) is 5.82 Å².